The zero-order valence-corrected chi connectivity index (χ0v) is 12.1. The average Bonchev–Trinajstić information content (AvgIpc) is 2.83. The van der Waals surface area contributed by atoms with Crippen LogP contribution in [-0.4, -0.2) is 42.9 Å². The van der Waals surface area contributed by atoms with Crippen molar-refractivity contribution >= 4 is 28.8 Å². The predicted octanol–water partition coefficient (Wildman–Crippen LogP) is 0.928. The first-order valence-electron chi connectivity index (χ1n) is 6.14. The molecule has 1 fully saturated rings. The van der Waals surface area contributed by atoms with E-state index in [0.717, 1.165) is 4.88 Å². The Bertz CT molecular complexity index is 440. The van der Waals surface area contributed by atoms with E-state index in [2.05, 4.69) is 10.6 Å². The number of aliphatic hydroxyl groups is 1. The third-order valence-electron chi connectivity index (χ3n) is 2.99. The molecule has 2 heterocycles. The van der Waals surface area contributed by atoms with E-state index in [0.29, 0.717) is 17.5 Å². The Balaban J connectivity index is 1.82. The second-order valence-corrected chi connectivity index (χ2v) is 6.16. The number of hydrogen-bond acceptors (Lipinski definition) is 5. The Kier molecular flexibility index (Phi) is 5.18. The third kappa shape index (κ3) is 3.90. The lowest BCUT2D eigenvalue weighted by Gasteiger charge is -2.29. The van der Waals surface area contributed by atoms with Crippen molar-refractivity contribution in [2.75, 3.05) is 19.7 Å². The highest BCUT2D eigenvalue weighted by Crippen LogP contribution is 2.26. The molecular weight excluding hydrogens is 288 g/mol. The molecule has 2 rings (SSSR count). The van der Waals surface area contributed by atoms with Crippen LogP contribution in [0.2, 0.25) is 4.34 Å². The van der Waals surface area contributed by atoms with E-state index in [4.69, 9.17) is 16.3 Å². The zero-order chi connectivity index (χ0) is 13.8. The molecule has 0 aliphatic carbocycles. The molecule has 1 aliphatic rings. The van der Waals surface area contributed by atoms with Gasteiger partial charge in [-0.05, 0) is 19.1 Å². The van der Waals surface area contributed by atoms with Gasteiger partial charge in [-0.2, -0.15) is 0 Å². The quantitative estimate of drug-likeness (QED) is 0.774. The van der Waals surface area contributed by atoms with E-state index in [1.165, 1.54) is 11.3 Å². The molecule has 3 atom stereocenters. The second-order valence-electron chi connectivity index (χ2n) is 4.41. The van der Waals surface area contributed by atoms with Crippen LogP contribution in [0.3, 0.4) is 0 Å². The molecule has 0 saturated carbocycles. The fraction of sp³-hybridized carbons (Fsp3) is 0.583. The van der Waals surface area contributed by atoms with Crippen LogP contribution in [0.1, 0.15) is 17.9 Å². The number of halogens is 1. The Morgan fingerprint density at radius 1 is 1.74 bits per heavy atom. The number of carbonyl (C=O) groups is 1. The van der Waals surface area contributed by atoms with Crippen molar-refractivity contribution in [3.05, 3.63) is 21.3 Å². The Morgan fingerprint density at radius 2 is 2.53 bits per heavy atom. The molecule has 7 heteroatoms. The standard InChI is InChI=1S/C12H17ClN2O3S/c1-7-11(14-4-5-18-7)12(17)15-6-8(16)9-2-3-10(13)19-9/h2-3,7-8,11,14,16H,4-6H2,1H3,(H,15,17)/t7-,8?,11+/m1/s1. The maximum absolute atomic E-state index is 12.0. The van der Waals surface area contributed by atoms with Gasteiger partial charge < -0.3 is 20.5 Å². The third-order valence-corrected chi connectivity index (χ3v) is 4.32. The molecule has 106 valence electrons. The number of nitrogens with one attached hydrogen (secondary N) is 2. The number of amides is 1. The highest BCUT2D eigenvalue weighted by Gasteiger charge is 2.28. The summed E-state index contributed by atoms with van der Waals surface area (Å²) in [6, 6.07) is 3.12. The summed E-state index contributed by atoms with van der Waals surface area (Å²) >= 11 is 7.11. The average molecular weight is 305 g/mol. The van der Waals surface area contributed by atoms with Gasteiger partial charge in [0, 0.05) is 18.0 Å². The minimum absolute atomic E-state index is 0.158. The normalized spacial score (nSPS) is 25.0. The van der Waals surface area contributed by atoms with Gasteiger partial charge in [-0.3, -0.25) is 4.79 Å². The van der Waals surface area contributed by atoms with Crippen LogP contribution in [0.5, 0.6) is 0 Å². The van der Waals surface area contributed by atoms with Gasteiger partial charge in [-0.1, -0.05) is 11.6 Å². The molecule has 1 aromatic rings. The SMILES string of the molecule is C[C@H]1OCCN[C@@H]1C(=O)NCC(O)c1ccc(Cl)s1. The van der Waals surface area contributed by atoms with Crippen molar-refractivity contribution in [2.45, 2.75) is 25.2 Å². The Morgan fingerprint density at radius 3 is 3.16 bits per heavy atom. The number of morpholine rings is 1. The van der Waals surface area contributed by atoms with Gasteiger partial charge in [-0.15, -0.1) is 11.3 Å². The summed E-state index contributed by atoms with van der Waals surface area (Å²) in [5.74, 6) is -0.158. The summed E-state index contributed by atoms with van der Waals surface area (Å²) in [7, 11) is 0. The van der Waals surface area contributed by atoms with Gasteiger partial charge in [0.1, 0.15) is 12.1 Å². The maximum Gasteiger partial charge on any atom is 0.239 e. The lowest BCUT2D eigenvalue weighted by atomic mass is 10.1. The molecule has 0 spiro atoms. The molecule has 0 aromatic carbocycles. The van der Waals surface area contributed by atoms with Crippen molar-refractivity contribution in [1.82, 2.24) is 10.6 Å². The molecule has 1 amide bonds. The van der Waals surface area contributed by atoms with E-state index in [1.807, 2.05) is 6.92 Å². The van der Waals surface area contributed by atoms with E-state index in [-0.39, 0.29) is 24.6 Å². The summed E-state index contributed by atoms with van der Waals surface area (Å²) in [6.07, 6.45) is -0.900. The lowest BCUT2D eigenvalue weighted by molar-refractivity contribution is -0.129. The molecule has 5 nitrogen and oxygen atoms in total. The molecule has 1 aliphatic heterocycles. The second kappa shape index (κ2) is 6.67. The minimum Gasteiger partial charge on any atom is -0.386 e. The van der Waals surface area contributed by atoms with Crippen LogP contribution in [0.15, 0.2) is 12.1 Å². The predicted molar refractivity (Wildman–Crippen MR) is 74.5 cm³/mol. The first-order valence-corrected chi connectivity index (χ1v) is 7.33. The van der Waals surface area contributed by atoms with E-state index in [9.17, 15) is 9.90 Å². The molecule has 1 aromatic heterocycles. The summed E-state index contributed by atoms with van der Waals surface area (Å²) in [5.41, 5.74) is 0. The number of ether oxygens (including phenoxy) is 1. The van der Waals surface area contributed by atoms with Gasteiger partial charge >= 0.3 is 0 Å². The van der Waals surface area contributed by atoms with Crippen LogP contribution in [-0.2, 0) is 9.53 Å². The van der Waals surface area contributed by atoms with Gasteiger partial charge in [-0.25, -0.2) is 0 Å². The van der Waals surface area contributed by atoms with Crippen LogP contribution >= 0.6 is 22.9 Å². The largest absolute Gasteiger partial charge is 0.386 e. The van der Waals surface area contributed by atoms with Gasteiger partial charge in [0.2, 0.25) is 5.91 Å². The van der Waals surface area contributed by atoms with E-state index in [1.54, 1.807) is 12.1 Å². The fourth-order valence-electron chi connectivity index (χ4n) is 1.94. The van der Waals surface area contributed by atoms with Crippen LogP contribution < -0.4 is 10.6 Å². The van der Waals surface area contributed by atoms with Crippen LogP contribution in [0.4, 0.5) is 0 Å². The molecule has 1 saturated heterocycles. The number of aliphatic hydroxyl groups excluding tert-OH is 1. The molecule has 0 radical (unpaired) electrons. The first-order chi connectivity index (χ1) is 9.08. The summed E-state index contributed by atoms with van der Waals surface area (Å²) < 4.78 is 6.03. The van der Waals surface area contributed by atoms with E-state index < -0.39 is 6.10 Å². The van der Waals surface area contributed by atoms with Crippen molar-refractivity contribution in [1.29, 1.82) is 0 Å². The van der Waals surface area contributed by atoms with Crippen molar-refractivity contribution in [3.8, 4) is 0 Å². The smallest absolute Gasteiger partial charge is 0.239 e. The van der Waals surface area contributed by atoms with Crippen molar-refractivity contribution in [3.63, 3.8) is 0 Å². The van der Waals surface area contributed by atoms with Crippen molar-refractivity contribution < 1.29 is 14.6 Å². The van der Waals surface area contributed by atoms with Gasteiger partial charge in [0.25, 0.3) is 0 Å². The molecule has 1 unspecified atom stereocenters. The van der Waals surface area contributed by atoms with E-state index >= 15 is 0 Å². The highest BCUT2D eigenvalue weighted by molar-refractivity contribution is 7.16. The molecule has 19 heavy (non-hydrogen) atoms. The number of carbonyl (C=O) groups excluding carboxylic acids is 1. The topological polar surface area (TPSA) is 70.6 Å². The zero-order valence-electron chi connectivity index (χ0n) is 10.6. The summed E-state index contributed by atoms with van der Waals surface area (Å²) in [5, 5.41) is 15.8. The van der Waals surface area contributed by atoms with Gasteiger partial charge in [0.05, 0.1) is 17.0 Å². The highest BCUT2D eigenvalue weighted by atomic mass is 35.5. The number of rotatable bonds is 4. The summed E-state index contributed by atoms with van der Waals surface area (Å²) in [6.45, 7) is 3.29. The minimum atomic E-state index is -0.735. The first kappa shape index (κ1) is 14.7. The van der Waals surface area contributed by atoms with Crippen LogP contribution in [0, 0.1) is 0 Å². The Hall–Kier alpha value is -0.660. The summed E-state index contributed by atoms with van der Waals surface area (Å²) in [4.78, 5) is 12.7. The molecule has 0 bridgehead atoms. The number of thiophene rings is 1. The van der Waals surface area contributed by atoms with Crippen molar-refractivity contribution in [2.24, 2.45) is 0 Å². The fourth-order valence-corrected chi connectivity index (χ4v) is 2.99. The maximum atomic E-state index is 12.0. The Labute approximate surface area is 120 Å². The lowest BCUT2D eigenvalue weighted by Crippen LogP contribution is -2.55. The van der Waals surface area contributed by atoms with Crippen LogP contribution in [0.25, 0.3) is 0 Å². The number of hydrogen-bond donors (Lipinski definition) is 3. The monoisotopic (exact) mass is 304 g/mol. The molecular formula is C12H17ClN2O3S. The molecule has 3 N–H and O–H groups in total. The van der Waals surface area contributed by atoms with Gasteiger partial charge in [0.15, 0.2) is 0 Å².